The van der Waals surface area contributed by atoms with Gasteiger partial charge in [-0.15, -0.1) is 0 Å². The Morgan fingerprint density at radius 3 is 2.90 bits per heavy atom. The first-order valence-electron chi connectivity index (χ1n) is 7.10. The van der Waals surface area contributed by atoms with E-state index in [1.54, 1.807) is 0 Å². The van der Waals surface area contributed by atoms with Gasteiger partial charge in [0.25, 0.3) is 0 Å². The van der Waals surface area contributed by atoms with E-state index in [2.05, 4.69) is 58.8 Å². The summed E-state index contributed by atoms with van der Waals surface area (Å²) in [7, 11) is 0. The van der Waals surface area contributed by atoms with Crippen molar-refractivity contribution in [3.63, 3.8) is 0 Å². The van der Waals surface area contributed by atoms with E-state index in [0.717, 1.165) is 18.4 Å². The van der Waals surface area contributed by atoms with Gasteiger partial charge in [0.2, 0.25) is 0 Å². The summed E-state index contributed by atoms with van der Waals surface area (Å²) in [6.45, 7) is 0. The van der Waals surface area contributed by atoms with Crippen LogP contribution in [-0.2, 0) is 6.42 Å². The minimum absolute atomic E-state index is 0.373. The molecule has 0 spiro atoms. The van der Waals surface area contributed by atoms with Gasteiger partial charge >= 0.3 is 0 Å². The van der Waals surface area contributed by atoms with E-state index >= 15 is 0 Å². The lowest BCUT2D eigenvalue weighted by atomic mass is 9.91. The zero-order valence-corrected chi connectivity index (χ0v) is 11.2. The molecule has 1 N–H and O–H groups in total. The molecule has 0 saturated heterocycles. The van der Waals surface area contributed by atoms with Gasteiger partial charge in [-0.3, -0.25) is 4.98 Å². The van der Waals surface area contributed by atoms with Crippen LogP contribution in [0.3, 0.4) is 0 Å². The van der Waals surface area contributed by atoms with E-state index < -0.39 is 0 Å². The topological polar surface area (TPSA) is 24.9 Å². The van der Waals surface area contributed by atoms with Crippen LogP contribution >= 0.6 is 0 Å². The van der Waals surface area contributed by atoms with Crippen LogP contribution < -0.4 is 5.32 Å². The van der Waals surface area contributed by atoms with Crippen LogP contribution in [0.25, 0.3) is 10.9 Å². The monoisotopic (exact) mass is 260 g/mol. The molecular formula is C18H16N2. The van der Waals surface area contributed by atoms with Gasteiger partial charge in [0.15, 0.2) is 0 Å². The molecule has 98 valence electrons. The highest BCUT2D eigenvalue weighted by Crippen LogP contribution is 2.34. The van der Waals surface area contributed by atoms with E-state index in [-0.39, 0.29) is 0 Å². The van der Waals surface area contributed by atoms with Gasteiger partial charge < -0.3 is 5.32 Å². The molecule has 1 atom stereocenters. The molecule has 4 rings (SSSR count). The Balaban J connectivity index is 1.78. The molecule has 2 aromatic carbocycles. The third kappa shape index (κ3) is 1.85. The van der Waals surface area contributed by atoms with Crippen molar-refractivity contribution in [2.45, 2.75) is 18.9 Å². The fourth-order valence-corrected chi connectivity index (χ4v) is 3.10. The highest BCUT2D eigenvalue weighted by atomic mass is 14.9. The predicted molar refractivity (Wildman–Crippen MR) is 82.9 cm³/mol. The zero-order chi connectivity index (χ0) is 13.4. The number of benzene rings is 2. The molecule has 20 heavy (non-hydrogen) atoms. The van der Waals surface area contributed by atoms with Crippen molar-refractivity contribution >= 4 is 16.6 Å². The van der Waals surface area contributed by atoms with E-state index in [9.17, 15) is 0 Å². The molecule has 1 aliphatic heterocycles. The second-order valence-corrected chi connectivity index (χ2v) is 5.31. The second-order valence-electron chi connectivity index (χ2n) is 5.31. The van der Waals surface area contributed by atoms with Crippen molar-refractivity contribution in [3.05, 3.63) is 71.9 Å². The standard InChI is InChI=1S/C18H16N2/c1-2-8-16-13(5-1)10-11-18(20-16)15-6-3-9-17-14(15)7-4-12-19-17/h1-9,12,18,20H,10-11H2. The smallest absolute Gasteiger partial charge is 0.0705 e. The molecule has 2 heterocycles. The van der Waals surface area contributed by atoms with Gasteiger partial charge in [-0.05, 0) is 42.2 Å². The molecular weight excluding hydrogens is 244 g/mol. The number of hydrogen-bond donors (Lipinski definition) is 1. The number of nitrogens with one attached hydrogen (secondary N) is 1. The Bertz CT molecular complexity index is 759. The quantitative estimate of drug-likeness (QED) is 0.704. The van der Waals surface area contributed by atoms with Gasteiger partial charge in [0.05, 0.1) is 11.6 Å². The van der Waals surface area contributed by atoms with Gasteiger partial charge in [0, 0.05) is 17.3 Å². The summed E-state index contributed by atoms with van der Waals surface area (Å²) in [6, 6.07) is 19.5. The van der Waals surface area contributed by atoms with Crippen molar-refractivity contribution in [1.29, 1.82) is 0 Å². The largest absolute Gasteiger partial charge is 0.378 e. The van der Waals surface area contributed by atoms with E-state index in [1.807, 2.05) is 12.3 Å². The minimum atomic E-state index is 0.373. The molecule has 2 nitrogen and oxygen atoms in total. The lowest BCUT2D eigenvalue weighted by Crippen LogP contribution is -2.18. The van der Waals surface area contributed by atoms with Crippen molar-refractivity contribution < 1.29 is 0 Å². The SMILES string of the molecule is c1ccc2c(c1)CCC(c1cccc3ncccc13)N2. The Morgan fingerprint density at radius 2 is 1.90 bits per heavy atom. The molecule has 0 radical (unpaired) electrons. The third-order valence-electron chi connectivity index (χ3n) is 4.10. The van der Waals surface area contributed by atoms with Crippen LogP contribution in [0.5, 0.6) is 0 Å². The van der Waals surface area contributed by atoms with Gasteiger partial charge in [-0.1, -0.05) is 36.4 Å². The molecule has 3 aromatic rings. The lowest BCUT2D eigenvalue weighted by Gasteiger charge is -2.28. The maximum atomic E-state index is 4.45. The molecule has 2 heteroatoms. The second kappa shape index (κ2) is 4.64. The number of fused-ring (bicyclic) bond motifs is 2. The highest BCUT2D eigenvalue weighted by molar-refractivity contribution is 5.83. The number of nitrogens with zero attached hydrogens (tertiary/aromatic N) is 1. The first-order valence-corrected chi connectivity index (χ1v) is 7.10. The number of anilines is 1. The highest BCUT2D eigenvalue weighted by Gasteiger charge is 2.20. The summed E-state index contributed by atoms with van der Waals surface area (Å²) in [5.41, 5.74) is 5.11. The van der Waals surface area contributed by atoms with Crippen molar-refractivity contribution in [2.75, 3.05) is 5.32 Å². The van der Waals surface area contributed by atoms with Gasteiger partial charge in [0.1, 0.15) is 0 Å². The first-order chi connectivity index (χ1) is 9.92. The molecule has 0 fully saturated rings. The van der Waals surface area contributed by atoms with Crippen LogP contribution in [0.15, 0.2) is 60.8 Å². The predicted octanol–water partition coefficient (Wildman–Crippen LogP) is 4.33. The average Bonchev–Trinajstić information content (AvgIpc) is 2.54. The van der Waals surface area contributed by atoms with Crippen LogP contribution in [0.2, 0.25) is 0 Å². The summed E-state index contributed by atoms with van der Waals surface area (Å²) in [6.07, 6.45) is 4.12. The Labute approximate surface area is 118 Å². The maximum Gasteiger partial charge on any atom is 0.0705 e. The third-order valence-corrected chi connectivity index (χ3v) is 4.10. The first kappa shape index (κ1) is 11.5. The van der Waals surface area contributed by atoms with Gasteiger partial charge in [-0.2, -0.15) is 0 Å². The van der Waals surface area contributed by atoms with Crippen LogP contribution in [0, 0.1) is 0 Å². The average molecular weight is 260 g/mol. The minimum Gasteiger partial charge on any atom is -0.378 e. The molecule has 1 unspecified atom stereocenters. The van der Waals surface area contributed by atoms with E-state index in [4.69, 9.17) is 0 Å². The summed E-state index contributed by atoms with van der Waals surface area (Å²) < 4.78 is 0. The number of para-hydroxylation sites is 1. The zero-order valence-electron chi connectivity index (χ0n) is 11.2. The number of aryl methyl sites for hydroxylation is 1. The number of aromatic nitrogens is 1. The molecule has 0 bridgehead atoms. The van der Waals surface area contributed by atoms with Crippen LogP contribution in [0.1, 0.15) is 23.6 Å². The number of pyridine rings is 1. The summed E-state index contributed by atoms with van der Waals surface area (Å²) >= 11 is 0. The lowest BCUT2D eigenvalue weighted by molar-refractivity contribution is 0.672. The van der Waals surface area contributed by atoms with Crippen LogP contribution in [-0.4, -0.2) is 4.98 Å². The Hall–Kier alpha value is -2.35. The summed E-state index contributed by atoms with van der Waals surface area (Å²) in [5.74, 6) is 0. The Kier molecular flexibility index (Phi) is 2.66. The number of rotatable bonds is 1. The number of hydrogen-bond acceptors (Lipinski definition) is 2. The van der Waals surface area contributed by atoms with E-state index in [1.165, 1.54) is 22.2 Å². The van der Waals surface area contributed by atoms with E-state index in [0.29, 0.717) is 6.04 Å². The van der Waals surface area contributed by atoms with Crippen molar-refractivity contribution in [2.24, 2.45) is 0 Å². The molecule has 0 aliphatic carbocycles. The normalized spacial score (nSPS) is 17.5. The summed E-state index contributed by atoms with van der Waals surface area (Å²) in [5, 5.41) is 4.93. The Morgan fingerprint density at radius 1 is 0.950 bits per heavy atom. The fourth-order valence-electron chi connectivity index (χ4n) is 3.10. The molecule has 0 saturated carbocycles. The van der Waals surface area contributed by atoms with Gasteiger partial charge in [-0.25, -0.2) is 0 Å². The summed E-state index contributed by atoms with van der Waals surface area (Å²) in [4.78, 5) is 4.45. The molecule has 1 aliphatic rings. The molecule has 1 aromatic heterocycles. The molecule has 0 amide bonds. The fraction of sp³-hybridized carbons (Fsp3) is 0.167. The van der Waals surface area contributed by atoms with Crippen molar-refractivity contribution in [1.82, 2.24) is 4.98 Å². The maximum absolute atomic E-state index is 4.45. The van der Waals surface area contributed by atoms with Crippen LogP contribution in [0.4, 0.5) is 5.69 Å². The van der Waals surface area contributed by atoms with Crippen molar-refractivity contribution in [3.8, 4) is 0 Å².